The van der Waals surface area contributed by atoms with Crippen molar-refractivity contribution in [2.75, 3.05) is 0 Å². The molecular formula is C19H21FN4O4. The summed E-state index contributed by atoms with van der Waals surface area (Å²) in [5.74, 6) is -0.138. The summed E-state index contributed by atoms with van der Waals surface area (Å²) in [6, 6.07) is 7.27. The van der Waals surface area contributed by atoms with Crippen LogP contribution >= 0.6 is 0 Å². The molecule has 0 aliphatic rings. The Morgan fingerprint density at radius 1 is 1.36 bits per heavy atom. The first-order valence-corrected chi connectivity index (χ1v) is 8.71. The first-order chi connectivity index (χ1) is 13.4. The van der Waals surface area contributed by atoms with Crippen molar-refractivity contribution in [3.05, 3.63) is 53.2 Å². The molecule has 3 aromatic rings. The molecule has 0 unspecified atom stereocenters. The van der Waals surface area contributed by atoms with Crippen molar-refractivity contribution in [2.24, 2.45) is 7.05 Å². The standard InChI is InChI=1S/C19H21FN4O4/c1-11(2)21-19(26)15-8-17(22-24(15)3)27-10-14-16(9-25)28-23-18(14)12-4-6-13(20)7-5-12/h4-8,11,25H,9-10H2,1-3H3,(H,21,26). The maximum absolute atomic E-state index is 13.2. The zero-order valence-corrected chi connectivity index (χ0v) is 15.8. The van der Waals surface area contributed by atoms with E-state index in [0.717, 1.165) is 0 Å². The van der Waals surface area contributed by atoms with E-state index in [-0.39, 0.29) is 42.6 Å². The van der Waals surface area contributed by atoms with Gasteiger partial charge in [-0.2, -0.15) is 0 Å². The lowest BCUT2D eigenvalue weighted by molar-refractivity contribution is 0.0933. The van der Waals surface area contributed by atoms with Crippen molar-refractivity contribution in [1.82, 2.24) is 20.3 Å². The van der Waals surface area contributed by atoms with Crippen molar-refractivity contribution >= 4 is 5.91 Å². The van der Waals surface area contributed by atoms with Crippen LogP contribution in [-0.4, -0.2) is 32.0 Å². The molecule has 3 rings (SSSR count). The van der Waals surface area contributed by atoms with Gasteiger partial charge in [0.1, 0.15) is 30.4 Å². The fourth-order valence-corrected chi connectivity index (χ4v) is 2.66. The predicted octanol–water partition coefficient (Wildman–Crippen LogP) is 2.42. The number of nitrogens with zero attached hydrogens (tertiary/aromatic N) is 3. The summed E-state index contributed by atoms with van der Waals surface area (Å²) in [5, 5.41) is 20.4. The molecule has 0 bridgehead atoms. The smallest absolute Gasteiger partial charge is 0.269 e. The van der Waals surface area contributed by atoms with Crippen molar-refractivity contribution in [3.8, 4) is 17.1 Å². The van der Waals surface area contributed by atoms with Gasteiger partial charge in [0.2, 0.25) is 5.88 Å². The summed E-state index contributed by atoms with van der Waals surface area (Å²) in [6.45, 7) is 3.38. The number of aromatic nitrogens is 3. The van der Waals surface area contributed by atoms with E-state index in [1.54, 1.807) is 19.2 Å². The first kappa shape index (κ1) is 19.6. The van der Waals surface area contributed by atoms with Gasteiger partial charge < -0.3 is 19.7 Å². The Bertz CT molecular complexity index is 963. The summed E-state index contributed by atoms with van der Waals surface area (Å²) in [5.41, 5.74) is 1.95. The van der Waals surface area contributed by atoms with Crippen molar-refractivity contribution in [2.45, 2.75) is 33.1 Å². The molecule has 0 radical (unpaired) electrons. The van der Waals surface area contributed by atoms with Crippen LogP contribution in [0.2, 0.25) is 0 Å². The molecule has 28 heavy (non-hydrogen) atoms. The normalized spacial score (nSPS) is 11.1. The van der Waals surface area contributed by atoms with E-state index >= 15 is 0 Å². The second kappa shape index (κ2) is 8.22. The van der Waals surface area contributed by atoms with Crippen LogP contribution in [0.25, 0.3) is 11.3 Å². The van der Waals surface area contributed by atoms with E-state index in [2.05, 4.69) is 15.6 Å². The van der Waals surface area contributed by atoms with Gasteiger partial charge in [0.15, 0.2) is 5.76 Å². The Morgan fingerprint density at radius 2 is 2.07 bits per heavy atom. The number of carbonyl (C=O) groups is 1. The predicted molar refractivity (Wildman–Crippen MR) is 98.0 cm³/mol. The van der Waals surface area contributed by atoms with Gasteiger partial charge in [-0.05, 0) is 38.1 Å². The minimum atomic E-state index is -0.367. The van der Waals surface area contributed by atoms with Crippen LogP contribution in [0.15, 0.2) is 34.9 Å². The Hall–Kier alpha value is -3.20. The van der Waals surface area contributed by atoms with Crippen molar-refractivity contribution in [3.63, 3.8) is 0 Å². The molecule has 0 aliphatic heterocycles. The summed E-state index contributed by atoms with van der Waals surface area (Å²) in [7, 11) is 1.64. The van der Waals surface area contributed by atoms with E-state index in [1.165, 1.54) is 22.9 Å². The summed E-state index contributed by atoms with van der Waals surface area (Å²) < 4.78 is 25.5. The van der Waals surface area contributed by atoms with Crippen LogP contribution in [0.5, 0.6) is 5.88 Å². The number of aliphatic hydroxyl groups excluding tert-OH is 1. The van der Waals surface area contributed by atoms with Gasteiger partial charge in [-0.3, -0.25) is 9.48 Å². The highest BCUT2D eigenvalue weighted by atomic mass is 19.1. The molecule has 0 saturated heterocycles. The van der Waals surface area contributed by atoms with Crippen LogP contribution in [0, 0.1) is 5.82 Å². The minimum Gasteiger partial charge on any atom is -0.471 e. The molecule has 0 aliphatic carbocycles. The Labute approximate surface area is 160 Å². The van der Waals surface area contributed by atoms with Gasteiger partial charge in [0.25, 0.3) is 5.91 Å². The molecule has 148 valence electrons. The quantitative estimate of drug-likeness (QED) is 0.644. The summed E-state index contributed by atoms with van der Waals surface area (Å²) in [4.78, 5) is 12.2. The lowest BCUT2D eigenvalue weighted by atomic mass is 10.1. The maximum Gasteiger partial charge on any atom is 0.269 e. The summed E-state index contributed by atoms with van der Waals surface area (Å²) >= 11 is 0. The molecule has 1 aromatic carbocycles. The lowest BCUT2D eigenvalue weighted by Crippen LogP contribution is -2.31. The number of hydrogen-bond donors (Lipinski definition) is 2. The molecule has 2 aromatic heterocycles. The van der Waals surface area contributed by atoms with E-state index in [9.17, 15) is 14.3 Å². The highest BCUT2D eigenvalue weighted by Gasteiger charge is 2.20. The number of benzene rings is 1. The van der Waals surface area contributed by atoms with Crippen LogP contribution in [0.1, 0.15) is 35.7 Å². The average Bonchev–Trinajstić information content (AvgIpc) is 3.23. The first-order valence-electron chi connectivity index (χ1n) is 8.71. The van der Waals surface area contributed by atoms with Crippen LogP contribution in [0.4, 0.5) is 4.39 Å². The molecule has 0 saturated carbocycles. The largest absolute Gasteiger partial charge is 0.471 e. The van der Waals surface area contributed by atoms with Crippen LogP contribution in [0.3, 0.4) is 0 Å². The highest BCUT2D eigenvalue weighted by molar-refractivity contribution is 5.93. The second-order valence-electron chi connectivity index (χ2n) is 6.51. The molecule has 2 N–H and O–H groups in total. The molecule has 2 heterocycles. The number of aryl methyl sites for hydroxylation is 1. The van der Waals surface area contributed by atoms with Gasteiger partial charge >= 0.3 is 0 Å². The third-order valence-corrected chi connectivity index (χ3v) is 4.01. The number of carbonyl (C=O) groups excluding carboxylic acids is 1. The van der Waals surface area contributed by atoms with E-state index < -0.39 is 0 Å². The van der Waals surface area contributed by atoms with E-state index in [0.29, 0.717) is 22.5 Å². The number of ether oxygens (including phenoxy) is 1. The van der Waals surface area contributed by atoms with E-state index in [1.807, 2.05) is 13.8 Å². The number of halogens is 1. The zero-order chi connectivity index (χ0) is 20.3. The van der Waals surface area contributed by atoms with Gasteiger partial charge in [0, 0.05) is 24.7 Å². The van der Waals surface area contributed by atoms with Crippen molar-refractivity contribution < 1.29 is 23.6 Å². The minimum absolute atomic E-state index is 0.00541. The molecule has 1 amide bonds. The Kier molecular flexibility index (Phi) is 5.74. The number of aliphatic hydroxyl groups is 1. The van der Waals surface area contributed by atoms with Crippen LogP contribution in [-0.2, 0) is 20.3 Å². The number of amides is 1. The molecule has 9 heteroatoms. The average molecular weight is 388 g/mol. The topological polar surface area (TPSA) is 102 Å². The van der Waals surface area contributed by atoms with Crippen molar-refractivity contribution in [1.29, 1.82) is 0 Å². The third kappa shape index (κ3) is 4.20. The Balaban J connectivity index is 1.80. The highest BCUT2D eigenvalue weighted by Crippen LogP contribution is 2.27. The fourth-order valence-electron chi connectivity index (χ4n) is 2.66. The number of hydrogen-bond acceptors (Lipinski definition) is 6. The number of nitrogens with one attached hydrogen (secondary N) is 1. The lowest BCUT2D eigenvalue weighted by Gasteiger charge is -2.07. The summed E-state index contributed by atoms with van der Waals surface area (Å²) in [6.07, 6.45) is 0. The fraction of sp³-hybridized carbons (Fsp3) is 0.316. The SMILES string of the molecule is CC(C)NC(=O)c1cc(OCc2c(-c3ccc(F)cc3)noc2CO)nn1C. The monoisotopic (exact) mass is 388 g/mol. The maximum atomic E-state index is 13.2. The van der Waals surface area contributed by atoms with Crippen LogP contribution < -0.4 is 10.1 Å². The molecule has 0 spiro atoms. The molecule has 0 fully saturated rings. The van der Waals surface area contributed by atoms with Gasteiger partial charge in [0.05, 0.1) is 5.56 Å². The van der Waals surface area contributed by atoms with E-state index in [4.69, 9.17) is 9.26 Å². The number of rotatable bonds is 7. The zero-order valence-electron chi connectivity index (χ0n) is 15.8. The molecule has 8 nitrogen and oxygen atoms in total. The molecule has 0 atom stereocenters. The van der Waals surface area contributed by atoms with Gasteiger partial charge in [-0.15, -0.1) is 5.10 Å². The second-order valence-corrected chi connectivity index (χ2v) is 6.51. The molecular weight excluding hydrogens is 367 g/mol. The van der Waals surface area contributed by atoms with Gasteiger partial charge in [-0.25, -0.2) is 4.39 Å². The Morgan fingerprint density at radius 3 is 2.71 bits per heavy atom. The van der Waals surface area contributed by atoms with Gasteiger partial charge in [-0.1, -0.05) is 5.16 Å². The third-order valence-electron chi connectivity index (χ3n) is 4.01.